The van der Waals surface area contributed by atoms with Crippen molar-refractivity contribution in [3.63, 3.8) is 0 Å². The van der Waals surface area contributed by atoms with E-state index < -0.39 is 15.6 Å². The van der Waals surface area contributed by atoms with Gasteiger partial charge in [0.25, 0.3) is 0 Å². The quantitative estimate of drug-likeness (QED) is 0.767. The maximum Gasteiger partial charge on any atom is 0.229 e. The zero-order valence-electron chi connectivity index (χ0n) is 11.6. The maximum absolute atomic E-state index is 12.0. The second-order valence-corrected chi connectivity index (χ2v) is 7.67. The number of carbonyl (C=O) groups excluding carboxylic acids is 1. The van der Waals surface area contributed by atoms with Crippen molar-refractivity contribution in [2.75, 3.05) is 16.3 Å². The number of carbonyl (C=O) groups is 1. The van der Waals surface area contributed by atoms with E-state index >= 15 is 0 Å². The molecule has 8 heteroatoms. The fourth-order valence-corrected chi connectivity index (χ4v) is 2.94. The summed E-state index contributed by atoms with van der Waals surface area (Å²) in [6.07, 6.45) is 3.99. The SMILES string of the molecule is CS(=O)(=O)Nc1ccc(Cl)c(NC(=O)CC2(N)CCC2)c1. The maximum atomic E-state index is 12.0. The van der Waals surface area contributed by atoms with Crippen molar-refractivity contribution in [2.24, 2.45) is 5.73 Å². The van der Waals surface area contributed by atoms with Crippen LogP contribution >= 0.6 is 11.6 Å². The standard InChI is InChI=1S/C13H18ClN3O3S/c1-21(19,20)17-9-3-4-10(14)11(7-9)16-12(18)8-13(15)5-2-6-13/h3-4,7,17H,2,5-6,8,15H2,1H3,(H,16,18). The van der Waals surface area contributed by atoms with Crippen molar-refractivity contribution in [1.82, 2.24) is 0 Å². The number of nitrogens with one attached hydrogen (secondary N) is 2. The lowest BCUT2D eigenvalue weighted by Crippen LogP contribution is -2.48. The molecule has 1 aliphatic carbocycles. The third kappa shape index (κ3) is 4.59. The number of benzene rings is 1. The Bertz CT molecular complexity index is 657. The van der Waals surface area contributed by atoms with Gasteiger partial charge >= 0.3 is 0 Å². The van der Waals surface area contributed by atoms with Gasteiger partial charge in [0.1, 0.15) is 0 Å². The topological polar surface area (TPSA) is 101 Å². The normalized spacial score (nSPS) is 16.9. The van der Waals surface area contributed by atoms with Crippen LogP contribution in [0.3, 0.4) is 0 Å². The monoisotopic (exact) mass is 331 g/mol. The molecule has 0 aromatic heterocycles. The molecule has 2 rings (SSSR count). The molecule has 0 spiro atoms. The minimum atomic E-state index is -3.38. The second-order valence-electron chi connectivity index (χ2n) is 5.51. The molecule has 1 aromatic carbocycles. The van der Waals surface area contributed by atoms with Crippen LogP contribution in [0.5, 0.6) is 0 Å². The number of hydrogen-bond donors (Lipinski definition) is 3. The van der Waals surface area contributed by atoms with E-state index in [0.29, 0.717) is 16.4 Å². The summed E-state index contributed by atoms with van der Waals surface area (Å²) in [5, 5.41) is 3.01. The van der Waals surface area contributed by atoms with Crippen molar-refractivity contribution in [2.45, 2.75) is 31.2 Å². The minimum Gasteiger partial charge on any atom is -0.325 e. The number of halogens is 1. The van der Waals surface area contributed by atoms with Gasteiger partial charge < -0.3 is 11.1 Å². The Labute approximate surface area is 129 Å². The second kappa shape index (κ2) is 5.82. The molecule has 0 atom stereocenters. The summed E-state index contributed by atoms with van der Waals surface area (Å²) in [6, 6.07) is 4.52. The van der Waals surface area contributed by atoms with Crippen LogP contribution in [-0.2, 0) is 14.8 Å². The van der Waals surface area contributed by atoms with Gasteiger partial charge in [-0.1, -0.05) is 11.6 Å². The summed E-state index contributed by atoms with van der Waals surface area (Å²) in [4.78, 5) is 12.0. The molecule has 6 nitrogen and oxygen atoms in total. The highest BCUT2D eigenvalue weighted by Crippen LogP contribution is 2.33. The third-order valence-electron chi connectivity index (χ3n) is 3.41. The first-order chi connectivity index (χ1) is 9.67. The Morgan fingerprint density at radius 3 is 2.62 bits per heavy atom. The van der Waals surface area contributed by atoms with Crippen molar-refractivity contribution in [3.05, 3.63) is 23.2 Å². The number of nitrogens with two attached hydrogens (primary N) is 1. The van der Waals surface area contributed by atoms with E-state index in [1.807, 2.05) is 0 Å². The van der Waals surface area contributed by atoms with Crippen LogP contribution in [0.1, 0.15) is 25.7 Å². The molecule has 0 bridgehead atoms. The van der Waals surface area contributed by atoms with Gasteiger partial charge in [-0.05, 0) is 37.5 Å². The van der Waals surface area contributed by atoms with Crippen molar-refractivity contribution >= 4 is 38.9 Å². The van der Waals surface area contributed by atoms with Gasteiger partial charge in [0.15, 0.2) is 0 Å². The Kier molecular flexibility index (Phi) is 4.46. The van der Waals surface area contributed by atoms with Crippen LogP contribution in [0.2, 0.25) is 5.02 Å². The molecule has 0 aliphatic heterocycles. The summed E-state index contributed by atoms with van der Waals surface area (Å²) in [6.45, 7) is 0. The summed E-state index contributed by atoms with van der Waals surface area (Å²) in [5.41, 5.74) is 6.30. The fourth-order valence-electron chi connectivity index (χ4n) is 2.22. The first kappa shape index (κ1) is 16.1. The molecule has 1 amide bonds. The zero-order chi connectivity index (χ0) is 15.7. The minimum absolute atomic E-state index is 0.226. The van der Waals surface area contributed by atoms with Crippen LogP contribution in [0.25, 0.3) is 0 Å². The molecule has 0 radical (unpaired) electrons. The zero-order valence-corrected chi connectivity index (χ0v) is 13.2. The van der Waals surface area contributed by atoms with E-state index in [4.69, 9.17) is 17.3 Å². The fraction of sp³-hybridized carbons (Fsp3) is 0.462. The third-order valence-corrected chi connectivity index (χ3v) is 4.34. The molecule has 0 saturated heterocycles. The van der Waals surface area contributed by atoms with Gasteiger partial charge in [0, 0.05) is 12.0 Å². The van der Waals surface area contributed by atoms with E-state index in [9.17, 15) is 13.2 Å². The van der Waals surface area contributed by atoms with Gasteiger partial charge in [-0.25, -0.2) is 8.42 Å². The lowest BCUT2D eigenvalue weighted by atomic mass is 9.75. The average molecular weight is 332 g/mol. The average Bonchev–Trinajstić information content (AvgIpc) is 2.29. The molecule has 1 saturated carbocycles. The molecule has 1 aliphatic rings. The number of hydrogen-bond acceptors (Lipinski definition) is 4. The molecule has 0 heterocycles. The first-order valence-electron chi connectivity index (χ1n) is 6.53. The highest BCUT2D eigenvalue weighted by atomic mass is 35.5. The molecule has 0 unspecified atom stereocenters. The molecule has 21 heavy (non-hydrogen) atoms. The Balaban J connectivity index is 2.08. The van der Waals surface area contributed by atoms with Crippen LogP contribution in [-0.4, -0.2) is 26.1 Å². The lowest BCUT2D eigenvalue weighted by molar-refractivity contribution is -0.118. The highest BCUT2D eigenvalue weighted by molar-refractivity contribution is 7.92. The van der Waals surface area contributed by atoms with Crippen molar-refractivity contribution < 1.29 is 13.2 Å². The molecule has 116 valence electrons. The predicted molar refractivity (Wildman–Crippen MR) is 83.9 cm³/mol. The molecule has 1 aromatic rings. The first-order valence-corrected chi connectivity index (χ1v) is 8.80. The van der Waals surface area contributed by atoms with E-state index in [-0.39, 0.29) is 12.3 Å². The summed E-state index contributed by atoms with van der Waals surface area (Å²) < 4.78 is 24.7. The number of anilines is 2. The van der Waals surface area contributed by atoms with Crippen LogP contribution in [0.4, 0.5) is 11.4 Å². The van der Waals surface area contributed by atoms with Crippen LogP contribution in [0.15, 0.2) is 18.2 Å². The van der Waals surface area contributed by atoms with Crippen LogP contribution < -0.4 is 15.8 Å². The van der Waals surface area contributed by atoms with E-state index in [1.165, 1.54) is 18.2 Å². The van der Waals surface area contributed by atoms with Gasteiger partial charge in [0.2, 0.25) is 15.9 Å². The Morgan fingerprint density at radius 1 is 1.43 bits per heavy atom. The van der Waals surface area contributed by atoms with Gasteiger partial charge in [0.05, 0.1) is 22.7 Å². The highest BCUT2D eigenvalue weighted by Gasteiger charge is 2.34. The van der Waals surface area contributed by atoms with E-state index in [1.54, 1.807) is 0 Å². The largest absolute Gasteiger partial charge is 0.325 e. The van der Waals surface area contributed by atoms with E-state index in [0.717, 1.165) is 25.5 Å². The van der Waals surface area contributed by atoms with Crippen molar-refractivity contribution in [1.29, 1.82) is 0 Å². The number of amides is 1. The molecule has 1 fully saturated rings. The molecular formula is C13H18ClN3O3S. The van der Waals surface area contributed by atoms with Crippen LogP contribution in [0, 0.1) is 0 Å². The Morgan fingerprint density at radius 2 is 2.10 bits per heavy atom. The summed E-state index contributed by atoms with van der Waals surface area (Å²) in [5.74, 6) is -0.226. The van der Waals surface area contributed by atoms with E-state index in [2.05, 4.69) is 10.0 Å². The van der Waals surface area contributed by atoms with Gasteiger partial charge in [-0.3, -0.25) is 9.52 Å². The molecular weight excluding hydrogens is 314 g/mol. The number of sulfonamides is 1. The summed E-state index contributed by atoms with van der Waals surface area (Å²) in [7, 11) is -3.38. The summed E-state index contributed by atoms with van der Waals surface area (Å²) >= 11 is 6.01. The van der Waals surface area contributed by atoms with Gasteiger partial charge in [-0.15, -0.1) is 0 Å². The number of rotatable bonds is 5. The smallest absolute Gasteiger partial charge is 0.229 e. The van der Waals surface area contributed by atoms with Crippen molar-refractivity contribution in [3.8, 4) is 0 Å². The predicted octanol–water partition coefficient (Wildman–Crippen LogP) is 1.92. The Hall–Kier alpha value is -1.31. The lowest BCUT2D eigenvalue weighted by Gasteiger charge is -2.37. The van der Waals surface area contributed by atoms with Gasteiger partial charge in [-0.2, -0.15) is 0 Å². The molecule has 4 N–H and O–H groups in total.